The zero-order valence-corrected chi connectivity index (χ0v) is 27.5. The van der Waals surface area contributed by atoms with Crippen molar-refractivity contribution in [1.29, 1.82) is 0 Å². The predicted octanol–water partition coefficient (Wildman–Crippen LogP) is 14.3. The number of nitrogens with zero attached hydrogens (tertiary/aromatic N) is 1. The lowest BCUT2D eigenvalue weighted by atomic mass is 10.2. The minimum Gasteiger partial charge on any atom is -0.356 e. The van der Waals surface area contributed by atoms with Crippen molar-refractivity contribution in [2.75, 3.05) is 10.2 Å². The van der Waals surface area contributed by atoms with E-state index in [-0.39, 0.29) is 7.43 Å². The number of para-hydroxylation sites is 4. The normalized spacial score (nSPS) is 9.75. The van der Waals surface area contributed by atoms with Crippen molar-refractivity contribution in [3.8, 4) is 0 Å². The first-order valence-corrected chi connectivity index (χ1v) is 15.6. The van der Waals surface area contributed by atoms with Crippen LogP contribution in [0.2, 0.25) is 20.1 Å². The molecular weight excluding hydrogens is 694 g/mol. The average molecular weight is 725 g/mol. The molecule has 2 nitrogen and oxygen atoms in total. The highest BCUT2D eigenvalue weighted by Gasteiger charge is 2.16. The lowest BCUT2D eigenvalue weighted by molar-refractivity contribution is 1.28. The Labute approximate surface area is 288 Å². The third kappa shape index (κ3) is 10.3. The van der Waals surface area contributed by atoms with Crippen LogP contribution in [0, 0.1) is 0 Å². The fourth-order valence-corrected chi connectivity index (χ4v) is 5.09. The van der Waals surface area contributed by atoms with Gasteiger partial charge in [0.05, 0.1) is 25.8 Å². The minimum atomic E-state index is 0. The Morgan fingerprint density at radius 2 is 0.818 bits per heavy atom. The van der Waals surface area contributed by atoms with Crippen molar-refractivity contribution in [3.05, 3.63) is 182 Å². The van der Waals surface area contributed by atoms with Crippen LogP contribution in [0.5, 0.6) is 0 Å². The van der Waals surface area contributed by atoms with Gasteiger partial charge < -0.3 is 10.2 Å². The van der Waals surface area contributed by atoms with Crippen molar-refractivity contribution in [2.45, 2.75) is 7.43 Å². The molecule has 0 aliphatic rings. The number of anilines is 5. The molecule has 0 unspecified atom stereocenters. The number of halogens is 5. The molecule has 0 saturated heterocycles. The summed E-state index contributed by atoms with van der Waals surface area (Å²) in [6, 6.07) is 51.6. The van der Waals surface area contributed by atoms with Crippen molar-refractivity contribution < 1.29 is 0 Å². The summed E-state index contributed by atoms with van der Waals surface area (Å²) in [5.74, 6) is 0. The molecule has 6 aromatic carbocycles. The Balaban J connectivity index is 0.000000197. The van der Waals surface area contributed by atoms with E-state index in [4.69, 9.17) is 46.4 Å². The summed E-state index contributed by atoms with van der Waals surface area (Å²) in [6.07, 6.45) is 0. The Kier molecular flexibility index (Phi) is 14.6. The SMILES string of the molecule is C.Clc1cccc(Br)c1Cl.Clc1cccc(N(c2ccccc2)c2ccccc2)c1Cl.c1ccc(Nc2ccccc2)cc1. The van der Waals surface area contributed by atoms with Crippen LogP contribution in [-0.4, -0.2) is 0 Å². The van der Waals surface area contributed by atoms with Crippen molar-refractivity contribution >= 4 is 90.8 Å². The van der Waals surface area contributed by atoms with Gasteiger partial charge in [-0.15, -0.1) is 0 Å². The van der Waals surface area contributed by atoms with Gasteiger partial charge in [-0.2, -0.15) is 0 Å². The number of benzene rings is 6. The topological polar surface area (TPSA) is 15.3 Å². The predicted molar refractivity (Wildman–Crippen MR) is 198 cm³/mol. The molecule has 0 aliphatic carbocycles. The highest BCUT2D eigenvalue weighted by atomic mass is 79.9. The third-order valence-corrected chi connectivity index (χ3v) is 8.46. The maximum Gasteiger partial charge on any atom is 0.0832 e. The molecule has 6 aromatic rings. The maximum atomic E-state index is 6.41. The van der Waals surface area contributed by atoms with Crippen LogP contribution < -0.4 is 10.2 Å². The van der Waals surface area contributed by atoms with Crippen molar-refractivity contribution in [2.24, 2.45) is 0 Å². The molecule has 1 N–H and O–H groups in total. The lowest BCUT2D eigenvalue weighted by Crippen LogP contribution is -2.10. The first-order chi connectivity index (χ1) is 20.9. The van der Waals surface area contributed by atoms with E-state index in [2.05, 4.69) is 26.1 Å². The molecule has 0 aliphatic heterocycles. The molecule has 0 bridgehead atoms. The third-order valence-electron chi connectivity index (χ3n) is 5.94. The standard InChI is InChI=1S/C18H13Cl2N.C12H11N.C6H3BrCl2.CH4/c19-16-12-7-13-17(18(16)20)21(14-8-3-1-4-9-14)15-10-5-2-6-11-15;1-3-7-11(8-4-1)13-12-9-5-2-6-10-12;7-4-2-1-3-5(8)6(4)9;/h1-13H;1-10,13H;1-3H;1H4. The maximum absolute atomic E-state index is 6.41. The molecule has 0 spiro atoms. The minimum absolute atomic E-state index is 0. The Bertz CT molecular complexity index is 1590. The molecule has 0 radical (unpaired) electrons. The van der Waals surface area contributed by atoms with Gasteiger partial charge in [0, 0.05) is 27.2 Å². The summed E-state index contributed by atoms with van der Waals surface area (Å²) in [6.45, 7) is 0. The highest BCUT2D eigenvalue weighted by molar-refractivity contribution is 9.10. The fourth-order valence-electron chi connectivity index (χ4n) is 3.93. The second kappa shape index (κ2) is 18.4. The van der Waals surface area contributed by atoms with E-state index in [1.54, 1.807) is 12.1 Å². The Morgan fingerprint density at radius 1 is 0.432 bits per heavy atom. The summed E-state index contributed by atoms with van der Waals surface area (Å²) in [7, 11) is 0. The van der Waals surface area contributed by atoms with Gasteiger partial charge in [0.1, 0.15) is 0 Å². The van der Waals surface area contributed by atoms with Crippen LogP contribution in [-0.2, 0) is 0 Å². The molecule has 224 valence electrons. The highest BCUT2D eigenvalue weighted by Crippen LogP contribution is 2.41. The summed E-state index contributed by atoms with van der Waals surface area (Å²) in [4.78, 5) is 2.09. The van der Waals surface area contributed by atoms with E-state index in [0.29, 0.717) is 20.1 Å². The van der Waals surface area contributed by atoms with Gasteiger partial charge in [0.25, 0.3) is 0 Å². The van der Waals surface area contributed by atoms with Crippen LogP contribution in [0.1, 0.15) is 7.43 Å². The van der Waals surface area contributed by atoms with Crippen molar-refractivity contribution in [1.82, 2.24) is 0 Å². The molecule has 0 heterocycles. The van der Waals surface area contributed by atoms with Crippen LogP contribution in [0.4, 0.5) is 28.4 Å². The largest absolute Gasteiger partial charge is 0.356 e. The Morgan fingerprint density at radius 3 is 1.23 bits per heavy atom. The number of hydrogen-bond acceptors (Lipinski definition) is 2. The van der Waals surface area contributed by atoms with Crippen LogP contribution in [0.15, 0.2) is 162 Å². The number of hydrogen-bond donors (Lipinski definition) is 1. The van der Waals surface area contributed by atoms with Crippen LogP contribution >= 0.6 is 62.3 Å². The van der Waals surface area contributed by atoms with Gasteiger partial charge in [0.15, 0.2) is 0 Å². The molecule has 7 heteroatoms. The summed E-state index contributed by atoms with van der Waals surface area (Å²) < 4.78 is 0.830. The monoisotopic (exact) mass is 722 g/mol. The Hall–Kier alpha value is -3.44. The molecule has 44 heavy (non-hydrogen) atoms. The first kappa shape index (κ1) is 35.0. The second-order valence-electron chi connectivity index (χ2n) is 8.97. The molecule has 0 amide bonds. The molecule has 0 saturated carbocycles. The van der Waals surface area contributed by atoms with Gasteiger partial charge >= 0.3 is 0 Å². The summed E-state index contributed by atoms with van der Waals surface area (Å²) >= 11 is 27.2. The van der Waals surface area contributed by atoms with Gasteiger partial charge in [-0.3, -0.25) is 0 Å². The van der Waals surface area contributed by atoms with E-state index in [1.165, 1.54) is 0 Å². The van der Waals surface area contributed by atoms with Crippen molar-refractivity contribution in [3.63, 3.8) is 0 Å². The molecule has 0 fully saturated rings. The lowest BCUT2D eigenvalue weighted by Gasteiger charge is -2.26. The quantitative estimate of drug-likeness (QED) is 0.178. The van der Waals surface area contributed by atoms with Crippen LogP contribution in [0.3, 0.4) is 0 Å². The fraction of sp³-hybridized carbons (Fsp3) is 0.0270. The zero-order valence-electron chi connectivity index (χ0n) is 22.8. The molecular formula is C37H31BrCl4N2. The smallest absolute Gasteiger partial charge is 0.0832 e. The van der Waals surface area contributed by atoms with E-state index in [0.717, 1.165) is 32.9 Å². The van der Waals surface area contributed by atoms with E-state index in [1.807, 2.05) is 146 Å². The van der Waals surface area contributed by atoms with Gasteiger partial charge in [-0.05, 0) is 88.7 Å². The number of nitrogens with one attached hydrogen (secondary N) is 1. The summed E-state index contributed by atoms with van der Waals surface area (Å²) in [5.41, 5.74) is 5.17. The average Bonchev–Trinajstić information content (AvgIpc) is 3.05. The molecule has 0 aromatic heterocycles. The second-order valence-corrected chi connectivity index (χ2v) is 11.4. The summed E-state index contributed by atoms with van der Waals surface area (Å²) in [5, 5.41) is 5.54. The van der Waals surface area contributed by atoms with Gasteiger partial charge in [-0.25, -0.2) is 0 Å². The first-order valence-electron chi connectivity index (χ1n) is 13.2. The van der Waals surface area contributed by atoms with Gasteiger partial charge in [0.2, 0.25) is 0 Å². The van der Waals surface area contributed by atoms with Crippen LogP contribution in [0.25, 0.3) is 0 Å². The number of rotatable bonds is 5. The van der Waals surface area contributed by atoms with E-state index in [9.17, 15) is 0 Å². The molecule has 6 rings (SSSR count). The zero-order chi connectivity index (χ0) is 30.4. The molecule has 0 atom stereocenters. The van der Waals surface area contributed by atoms with E-state index < -0.39 is 0 Å². The van der Waals surface area contributed by atoms with Gasteiger partial charge in [-0.1, -0.05) is 139 Å². The van der Waals surface area contributed by atoms with E-state index >= 15 is 0 Å².